The summed E-state index contributed by atoms with van der Waals surface area (Å²) in [5, 5.41) is 27.3. The van der Waals surface area contributed by atoms with E-state index < -0.39 is 47.9 Å². The van der Waals surface area contributed by atoms with E-state index in [1.807, 2.05) is 6.07 Å². The molecule has 244 valence electrons. The number of aliphatic imine (C=N–C) groups is 1. The number of hydrogen-bond donors (Lipinski definition) is 8. The Balaban J connectivity index is 1.79. The average Bonchev–Trinajstić information content (AvgIpc) is 3.03. The van der Waals surface area contributed by atoms with Crippen molar-refractivity contribution in [3.8, 4) is 5.75 Å². The van der Waals surface area contributed by atoms with Gasteiger partial charge in [-0.15, -0.1) is 0 Å². The molecule has 0 aliphatic rings. The number of carbonyl (C=O) groups excluding carboxylic acids is 3. The van der Waals surface area contributed by atoms with E-state index in [2.05, 4.69) is 20.9 Å². The molecule has 13 heteroatoms. The topological polar surface area (TPSA) is 235 Å². The molecule has 4 unspecified atom stereocenters. The van der Waals surface area contributed by atoms with Crippen molar-refractivity contribution < 1.29 is 29.4 Å². The molecule has 0 spiro atoms. The fourth-order valence-electron chi connectivity index (χ4n) is 4.68. The number of phenols is 1. The van der Waals surface area contributed by atoms with Gasteiger partial charge >= 0.3 is 5.97 Å². The summed E-state index contributed by atoms with van der Waals surface area (Å²) in [4.78, 5) is 56.2. The largest absolute Gasteiger partial charge is 0.508 e. The number of amides is 3. The van der Waals surface area contributed by atoms with Gasteiger partial charge in [0.1, 0.15) is 23.9 Å². The molecule has 0 fully saturated rings. The number of rotatable bonds is 17. The van der Waals surface area contributed by atoms with E-state index in [0.29, 0.717) is 6.42 Å². The van der Waals surface area contributed by atoms with Crippen LogP contribution in [0.1, 0.15) is 29.5 Å². The van der Waals surface area contributed by atoms with Gasteiger partial charge in [-0.1, -0.05) is 72.8 Å². The second kappa shape index (κ2) is 17.8. The van der Waals surface area contributed by atoms with Gasteiger partial charge in [0.05, 0.1) is 6.04 Å². The lowest BCUT2D eigenvalue weighted by Gasteiger charge is -2.25. The number of benzene rings is 3. The van der Waals surface area contributed by atoms with Crippen molar-refractivity contribution in [2.24, 2.45) is 22.2 Å². The van der Waals surface area contributed by atoms with E-state index in [1.165, 1.54) is 12.1 Å². The normalized spacial score (nSPS) is 13.3. The van der Waals surface area contributed by atoms with Crippen molar-refractivity contribution in [2.45, 2.75) is 56.3 Å². The van der Waals surface area contributed by atoms with Gasteiger partial charge in [0, 0.05) is 19.4 Å². The molecule has 0 bridgehead atoms. The lowest BCUT2D eigenvalue weighted by Crippen LogP contribution is -2.58. The summed E-state index contributed by atoms with van der Waals surface area (Å²) in [5.41, 5.74) is 19.0. The first kappa shape index (κ1) is 35.1. The molecule has 11 N–H and O–H groups in total. The molecule has 3 rings (SSSR count). The number of aliphatic carboxylic acids is 1. The highest BCUT2D eigenvalue weighted by molar-refractivity contribution is 5.94. The number of nitrogens with zero attached hydrogens (tertiary/aromatic N) is 1. The lowest BCUT2D eigenvalue weighted by atomic mass is 10.0. The molecule has 4 atom stereocenters. The molecular weight excluding hydrogens is 590 g/mol. The maximum atomic E-state index is 13.8. The zero-order valence-electron chi connectivity index (χ0n) is 25.3. The van der Waals surface area contributed by atoms with Gasteiger partial charge in [-0.25, -0.2) is 4.79 Å². The molecule has 3 aromatic rings. The summed E-state index contributed by atoms with van der Waals surface area (Å²) in [6, 6.07) is 19.7. The molecule has 3 aromatic carbocycles. The molecular formula is C33H41N7O6. The van der Waals surface area contributed by atoms with Crippen molar-refractivity contribution >= 4 is 29.7 Å². The van der Waals surface area contributed by atoms with Gasteiger partial charge in [-0.2, -0.15) is 0 Å². The molecule has 0 aromatic heterocycles. The molecule has 0 aliphatic heterocycles. The third-order valence-corrected chi connectivity index (χ3v) is 7.12. The van der Waals surface area contributed by atoms with Gasteiger partial charge in [0.15, 0.2) is 5.96 Å². The van der Waals surface area contributed by atoms with E-state index in [1.54, 1.807) is 66.7 Å². The third kappa shape index (κ3) is 11.9. The number of aromatic hydroxyl groups is 1. The van der Waals surface area contributed by atoms with Crippen LogP contribution in [0.5, 0.6) is 5.75 Å². The minimum atomic E-state index is -1.26. The van der Waals surface area contributed by atoms with Crippen LogP contribution in [-0.4, -0.2) is 70.6 Å². The van der Waals surface area contributed by atoms with Gasteiger partial charge in [0.2, 0.25) is 17.7 Å². The first-order chi connectivity index (χ1) is 22.0. The highest BCUT2D eigenvalue weighted by atomic mass is 16.4. The number of carboxylic acids is 1. The van der Waals surface area contributed by atoms with Crippen LogP contribution in [0.15, 0.2) is 89.9 Å². The first-order valence-corrected chi connectivity index (χ1v) is 14.8. The zero-order chi connectivity index (χ0) is 33.5. The summed E-state index contributed by atoms with van der Waals surface area (Å²) in [6.45, 7) is 0.182. The fourth-order valence-corrected chi connectivity index (χ4v) is 4.68. The van der Waals surface area contributed by atoms with Crippen LogP contribution in [0, 0.1) is 0 Å². The predicted octanol–water partition coefficient (Wildman–Crippen LogP) is 0.340. The van der Waals surface area contributed by atoms with Crippen molar-refractivity contribution in [3.63, 3.8) is 0 Å². The number of carboxylic acid groups (broad SMARTS) is 1. The average molecular weight is 632 g/mol. The van der Waals surface area contributed by atoms with Gasteiger partial charge in [0.25, 0.3) is 0 Å². The van der Waals surface area contributed by atoms with E-state index in [-0.39, 0.29) is 43.9 Å². The Hall–Kier alpha value is -5.43. The van der Waals surface area contributed by atoms with Crippen LogP contribution < -0.4 is 33.2 Å². The minimum Gasteiger partial charge on any atom is -0.508 e. The Kier molecular flexibility index (Phi) is 13.5. The summed E-state index contributed by atoms with van der Waals surface area (Å²) in [7, 11) is 0. The molecule has 0 radical (unpaired) electrons. The first-order valence-electron chi connectivity index (χ1n) is 14.8. The van der Waals surface area contributed by atoms with Crippen LogP contribution in [0.4, 0.5) is 0 Å². The Morgan fingerprint density at radius 2 is 1.11 bits per heavy atom. The van der Waals surface area contributed by atoms with Gasteiger partial charge < -0.3 is 43.4 Å². The fraction of sp³-hybridized carbons (Fsp3) is 0.303. The van der Waals surface area contributed by atoms with Crippen LogP contribution in [0.25, 0.3) is 0 Å². The SMILES string of the molecule is NC(N)=NCCCC(NC(=O)C(Cc1ccccc1)NC(=O)C(Cc1ccccc1)NC(=O)C(N)Cc1ccc(O)cc1)C(=O)O. The molecule has 0 saturated heterocycles. The third-order valence-electron chi connectivity index (χ3n) is 7.12. The standard InChI is InChI=1S/C33H41N7O6/c34-25(18-23-13-15-24(41)16-14-23)29(42)39-27(19-21-8-3-1-4-9-21)31(44)40-28(20-22-10-5-2-6-11-22)30(43)38-26(32(45)46)12-7-17-37-33(35)36/h1-6,8-11,13-16,25-28,41H,7,12,17-20,34H2,(H,38,43)(H,39,42)(H,40,44)(H,45,46)(H4,35,36,37). The molecule has 13 nitrogen and oxygen atoms in total. The van der Waals surface area contributed by atoms with Crippen molar-refractivity contribution in [3.05, 3.63) is 102 Å². The summed E-state index contributed by atoms with van der Waals surface area (Å²) < 4.78 is 0. The Bertz CT molecular complexity index is 1460. The second-order valence-corrected chi connectivity index (χ2v) is 10.8. The smallest absolute Gasteiger partial charge is 0.326 e. The highest BCUT2D eigenvalue weighted by Gasteiger charge is 2.30. The van der Waals surface area contributed by atoms with Crippen LogP contribution >= 0.6 is 0 Å². The van der Waals surface area contributed by atoms with Gasteiger partial charge in [-0.05, 0) is 48.1 Å². The Morgan fingerprint density at radius 1 is 0.652 bits per heavy atom. The number of carbonyl (C=O) groups is 4. The minimum absolute atomic E-state index is 0.0511. The number of phenolic OH excluding ortho intramolecular Hbond substituents is 1. The van der Waals surface area contributed by atoms with Crippen molar-refractivity contribution in [1.29, 1.82) is 0 Å². The molecule has 3 amide bonds. The Labute approximate surface area is 267 Å². The molecule has 0 aliphatic carbocycles. The Morgan fingerprint density at radius 3 is 1.59 bits per heavy atom. The molecule has 46 heavy (non-hydrogen) atoms. The van der Waals surface area contributed by atoms with E-state index in [4.69, 9.17) is 17.2 Å². The number of nitrogens with two attached hydrogens (primary N) is 3. The van der Waals surface area contributed by atoms with Crippen LogP contribution in [0.3, 0.4) is 0 Å². The van der Waals surface area contributed by atoms with Crippen LogP contribution in [0.2, 0.25) is 0 Å². The number of nitrogens with one attached hydrogen (secondary N) is 3. The van der Waals surface area contributed by atoms with E-state index >= 15 is 0 Å². The van der Waals surface area contributed by atoms with E-state index in [0.717, 1.165) is 16.7 Å². The number of hydrogen-bond acceptors (Lipinski definition) is 7. The lowest BCUT2D eigenvalue weighted by molar-refractivity contribution is -0.142. The van der Waals surface area contributed by atoms with Crippen molar-refractivity contribution in [2.75, 3.05) is 6.54 Å². The van der Waals surface area contributed by atoms with Gasteiger partial charge in [-0.3, -0.25) is 19.4 Å². The predicted molar refractivity (Wildman–Crippen MR) is 173 cm³/mol. The summed E-state index contributed by atoms with van der Waals surface area (Å²) in [5.74, 6) is -3.24. The highest BCUT2D eigenvalue weighted by Crippen LogP contribution is 2.12. The summed E-state index contributed by atoms with van der Waals surface area (Å²) >= 11 is 0. The monoisotopic (exact) mass is 631 g/mol. The molecule has 0 heterocycles. The maximum Gasteiger partial charge on any atom is 0.326 e. The summed E-state index contributed by atoms with van der Waals surface area (Å²) in [6.07, 6.45) is 0.665. The van der Waals surface area contributed by atoms with E-state index in [9.17, 15) is 29.4 Å². The van der Waals surface area contributed by atoms with Crippen molar-refractivity contribution in [1.82, 2.24) is 16.0 Å². The number of guanidine groups is 1. The second-order valence-electron chi connectivity index (χ2n) is 10.8. The quantitative estimate of drug-likeness (QED) is 0.0582. The molecule has 0 saturated carbocycles. The maximum absolute atomic E-state index is 13.8. The zero-order valence-corrected chi connectivity index (χ0v) is 25.3. The van der Waals surface area contributed by atoms with Crippen LogP contribution in [-0.2, 0) is 38.4 Å².